The second-order valence-corrected chi connectivity index (χ2v) is 2.64. The van der Waals surface area contributed by atoms with Crippen LogP contribution in [-0.2, 0) is 4.79 Å². The number of hydrogen-bond acceptors (Lipinski definition) is 2. The smallest absolute Gasteiger partial charge is 0.158 e. The summed E-state index contributed by atoms with van der Waals surface area (Å²) >= 11 is 0. The maximum atomic E-state index is 10.5. The van der Waals surface area contributed by atoms with Crippen molar-refractivity contribution in [2.24, 2.45) is 0 Å². The van der Waals surface area contributed by atoms with E-state index in [2.05, 4.69) is 0 Å². The summed E-state index contributed by atoms with van der Waals surface area (Å²) in [7, 11) is 0. The van der Waals surface area contributed by atoms with E-state index in [1.807, 2.05) is 19.9 Å². The van der Waals surface area contributed by atoms with Crippen LogP contribution >= 0.6 is 0 Å². The van der Waals surface area contributed by atoms with Gasteiger partial charge in [-0.05, 0) is 27.2 Å². The van der Waals surface area contributed by atoms with E-state index in [-0.39, 0.29) is 5.78 Å². The third-order valence-electron chi connectivity index (χ3n) is 1.22. The summed E-state index contributed by atoms with van der Waals surface area (Å²) < 4.78 is 0. The molecule has 0 aliphatic rings. The first kappa shape index (κ1) is 9.37. The molecule has 0 amide bonds. The summed E-state index contributed by atoms with van der Waals surface area (Å²) in [6, 6.07) is 0. The highest BCUT2D eigenvalue weighted by molar-refractivity contribution is 5.80. The standard InChI is InChI=1S/C8H14O2/c1-6(2)4-5-8(10)7(3)9/h4,8,10H,5H2,1-3H3/t8-/m0/s1. The summed E-state index contributed by atoms with van der Waals surface area (Å²) in [6.07, 6.45) is 1.49. The van der Waals surface area contributed by atoms with Crippen LogP contribution in [0.15, 0.2) is 11.6 Å². The van der Waals surface area contributed by atoms with Crippen molar-refractivity contribution in [1.29, 1.82) is 0 Å². The lowest BCUT2D eigenvalue weighted by Crippen LogP contribution is -2.15. The third kappa shape index (κ3) is 4.27. The first-order valence-corrected chi connectivity index (χ1v) is 3.36. The number of rotatable bonds is 3. The molecule has 0 saturated heterocycles. The van der Waals surface area contributed by atoms with E-state index in [0.717, 1.165) is 5.57 Å². The summed E-state index contributed by atoms with van der Waals surface area (Å²) in [5.74, 6) is -0.169. The normalized spacial score (nSPS) is 12.4. The maximum Gasteiger partial charge on any atom is 0.158 e. The number of allylic oxidation sites excluding steroid dienone is 1. The fraction of sp³-hybridized carbons (Fsp3) is 0.625. The van der Waals surface area contributed by atoms with E-state index in [4.69, 9.17) is 5.11 Å². The molecule has 0 rings (SSSR count). The molecular formula is C8H14O2. The summed E-state index contributed by atoms with van der Waals surface area (Å²) in [5.41, 5.74) is 1.13. The average Bonchev–Trinajstić information content (AvgIpc) is 1.82. The molecule has 0 saturated carbocycles. The van der Waals surface area contributed by atoms with E-state index in [0.29, 0.717) is 6.42 Å². The van der Waals surface area contributed by atoms with Gasteiger partial charge < -0.3 is 5.11 Å². The second-order valence-electron chi connectivity index (χ2n) is 2.64. The topological polar surface area (TPSA) is 37.3 Å². The maximum absolute atomic E-state index is 10.5. The lowest BCUT2D eigenvalue weighted by Gasteiger charge is -2.01. The number of aliphatic hydroxyl groups is 1. The Morgan fingerprint density at radius 3 is 2.30 bits per heavy atom. The summed E-state index contributed by atoms with van der Waals surface area (Å²) in [4.78, 5) is 10.5. The van der Waals surface area contributed by atoms with Crippen molar-refractivity contribution in [3.63, 3.8) is 0 Å². The van der Waals surface area contributed by atoms with Gasteiger partial charge in [0.1, 0.15) is 6.10 Å². The van der Waals surface area contributed by atoms with Crippen molar-refractivity contribution in [2.45, 2.75) is 33.3 Å². The number of carbonyl (C=O) groups excluding carboxylic acids is 1. The minimum Gasteiger partial charge on any atom is -0.385 e. The molecule has 0 radical (unpaired) electrons. The largest absolute Gasteiger partial charge is 0.385 e. The molecular weight excluding hydrogens is 128 g/mol. The number of carbonyl (C=O) groups is 1. The molecule has 0 aromatic heterocycles. The average molecular weight is 142 g/mol. The molecule has 10 heavy (non-hydrogen) atoms. The van der Waals surface area contributed by atoms with Crippen LogP contribution in [0.5, 0.6) is 0 Å². The lowest BCUT2D eigenvalue weighted by atomic mass is 10.1. The van der Waals surface area contributed by atoms with Crippen LogP contribution in [0.2, 0.25) is 0 Å². The van der Waals surface area contributed by atoms with Gasteiger partial charge in [0, 0.05) is 0 Å². The van der Waals surface area contributed by atoms with Gasteiger partial charge in [0.05, 0.1) is 0 Å². The molecule has 0 bridgehead atoms. The monoisotopic (exact) mass is 142 g/mol. The van der Waals surface area contributed by atoms with E-state index in [1.54, 1.807) is 0 Å². The van der Waals surface area contributed by atoms with E-state index in [9.17, 15) is 4.79 Å². The van der Waals surface area contributed by atoms with Gasteiger partial charge in [-0.1, -0.05) is 11.6 Å². The Morgan fingerprint density at radius 2 is 2.00 bits per heavy atom. The van der Waals surface area contributed by atoms with Gasteiger partial charge in [0.2, 0.25) is 0 Å². The van der Waals surface area contributed by atoms with Crippen LogP contribution in [0.3, 0.4) is 0 Å². The molecule has 2 nitrogen and oxygen atoms in total. The molecule has 0 fully saturated rings. The van der Waals surface area contributed by atoms with Gasteiger partial charge in [-0.25, -0.2) is 0 Å². The number of aliphatic hydroxyl groups excluding tert-OH is 1. The van der Waals surface area contributed by atoms with Crippen molar-refractivity contribution in [3.05, 3.63) is 11.6 Å². The minimum absolute atomic E-state index is 0.169. The minimum atomic E-state index is -0.810. The summed E-state index contributed by atoms with van der Waals surface area (Å²) in [5, 5.41) is 8.98. The van der Waals surface area contributed by atoms with Crippen LogP contribution in [0, 0.1) is 0 Å². The van der Waals surface area contributed by atoms with Gasteiger partial charge in [0.15, 0.2) is 5.78 Å². The van der Waals surface area contributed by atoms with Gasteiger partial charge in [-0.2, -0.15) is 0 Å². The quantitative estimate of drug-likeness (QED) is 0.603. The van der Waals surface area contributed by atoms with Crippen LogP contribution in [0.25, 0.3) is 0 Å². The SMILES string of the molecule is CC(=O)[C@@H](O)CC=C(C)C. The number of hydrogen-bond donors (Lipinski definition) is 1. The van der Waals surface area contributed by atoms with Crippen molar-refractivity contribution < 1.29 is 9.90 Å². The van der Waals surface area contributed by atoms with Gasteiger partial charge in [-0.3, -0.25) is 4.79 Å². The zero-order valence-electron chi connectivity index (χ0n) is 6.72. The Labute approximate surface area is 61.6 Å². The molecule has 2 heteroatoms. The van der Waals surface area contributed by atoms with Gasteiger partial charge in [0.25, 0.3) is 0 Å². The lowest BCUT2D eigenvalue weighted by molar-refractivity contribution is -0.124. The Balaban J connectivity index is 3.70. The van der Waals surface area contributed by atoms with Crippen LogP contribution in [0.1, 0.15) is 27.2 Å². The zero-order valence-corrected chi connectivity index (χ0v) is 6.72. The molecule has 0 aromatic rings. The van der Waals surface area contributed by atoms with Crippen LogP contribution in [-0.4, -0.2) is 17.0 Å². The highest BCUT2D eigenvalue weighted by Gasteiger charge is 2.05. The van der Waals surface area contributed by atoms with E-state index < -0.39 is 6.10 Å². The van der Waals surface area contributed by atoms with Gasteiger partial charge in [-0.15, -0.1) is 0 Å². The van der Waals surface area contributed by atoms with E-state index >= 15 is 0 Å². The highest BCUT2D eigenvalue weighted by atomic mass is 16.3. The molecule has 1 N–H and O–H groups in total. The predicted octanol–water partition coefficient (Wildman–Crippen LogP) is 1.29. The Morgan fingerprint density at radius 1 is 1.50 bits per heavy atom. The fourth-order valence-electron chi connectivity index (χ4n) is 0.513. The molecule has 0 spiro atoms. The summed E-state index contributed by atoms with van der Waals surface area (Å²) in [6.45, 7) is 5.27. The predicted molar refractivity (Wildman–Crippen MR) is 40.7 cm³/mol. The van der Waals surface area contributed by atoms with Crippen molar-refractivity contribution in [1.82, 2.24) is 0 Å². The third-order valence-corrected chi connectivity index (χ3v) is 1.22. The molecule has 0 aromatic carbocycles. The Bertz CT molecular complexity index is 143. The second kappa shape index (κ2) is 4.23. The fourth-order valence-corrected chi connectivity index (χ4v) is 0.513. The molecule has 0 heterocycles. The van der Waals surface area contributed by atoms with Crippen LogP contribution < -0.4 is 0 Å². The van der Waals surface area contributed by atoms with Crippen molar-refractivity contribution in [3.8, 4) is 0 Å². The van der Waals surface area contributed by atoms with Gasteiger partial charge >= 0.3 is 0 Å². The molecule has 0 unspecified atom stereocenters. The van der Waals surface area contributed by atoms with Crippen LogP contribution in [0.4, 0.5) is 0 Å². The highest BCUT2D eigenvalue weighted by Crippen LogP contribution is 1.98. The molecule has 58 valence electrons. The Kier molecular flexibility index (Phi) is 3.96. The first-order valence-electron chi connectivity index (χ1n) is 3.36. The number of ketones is 1. The van der Waals surface area contributed by atoms with Crippen molar-refractivity contribution in [2.75, 3.05) is 0 Å². The van der Waals surface area contributed by atoms with E-state index in [1.165, 1.54) is 6.92 Å². The Hall–Kier alpha value is -0.630. The molecule has 1 atom stereocenters. The first-order chi connectivity index (χ1) is 4.54. The number of Topliss-reactive ketones (excluding diaryl/α,β-unsaturated/α-hetero) is 1. The van der Waals surface area contributed by atoms with Crippen molar-refractivity contribution >= 4 is 5.78 Å². The molecule has 0 aliphatic heterocycles. The molecule has 0 aliphatic carbocycles. The zero-order chi connectivity index (χ0) is 8.15.